The van der Waals surface area contributed by atoms with Crippen LogP contribution in [0.15, 0.2) is 18.2 Å². The molecule has 1 aliphatic heterocycles. The third kappa shape index (κ3) is 4.61. The van der Waals surface area contributed by atoms with Gasteiger partial charge in [-0.25, -0.2) is 0 Å². The number of amides is 1. The Bertz CT molecular complexity index is 499. The van der Waals surface area contributed by atoms with Gasteiger partial charge < -0.3 is 25.8 Å². The summed E-state index contributed by atoms with van der Waals surface area (Å²) in [5.74, 6) is 0.395. The van der Waals surface area contributed by atoms with Crippen molar-refractivity contribution in [3.8, 4) is 5.75 Å². The van der Waals surface area contributed by atoms with E-state index < -0.39 is 0 Å². The van der Waals surface area contributed by atoms with Crippen molar-refractivity contribution in [3.63, 3.8) is 0 Å². The van der Waals surface area contributed by atoms with Gasteiger partial charge in [-0.05, 0) is 44.0 Å². The standard InChI is InChI=1S/C16H25N3O3/c1-22-15-11-12(3-4-14(15)17)16(21)18-7-2-8-19-9-5-13(20)6-10-19/h3-4,11,13,20H,2,5-10,17H2,1H3,(H,18,21). The fourth-order valence-electron chi connectivity index (χ4n) is 2.60. The number of carbonyl (C=O) groups excluding carboxylic acids is 1. The van der Waals surface area contributed by atoms with E-state index in [-0.39, 0.29) is 12.0 Å². The number of hydrogen-bond donors (Lipinski definition) is 3. The number of piperidine rings is 1. The molecule has 1 fully saturated rings. The van der Waals surface area contributed by atoms with E-state index in [1.165, 1.54) is 7.11 Å². The molecule has 0 aromatic heterocycles. The van der Waals surface area contributed by atoms with Gasteiger partial charge in [-0.2, -0.15) is 0 Å². The Morgan fingerprint density at radius 3 is 2.86 bits per heavy atom. The number of aliphatic hydroxyl groups excluding tert-OH is 1. The molecule has 1 heterocycles. The number of aliphatic hydroxyl groups is 1. The van der Waals surface area contributed by atoms with Crippen LogP contribution in [0.4, 0.5) is 5.69 Å². The van der Waals surface area contributed by atoms with Crippen molar-refractivity contribution in [2.75, 3.05) is 39.0 Å². The van der Waals surface area contributed by atoms with Crippen LogP contribution in [-0.4, -0.2) is 55.3 Å². The van der Waals surface area contributed by atoms with Crippen LogP contribution >= 0.6 is 0 Å². The van der Waals surface area contributed by atoms with Crippen molar-refractivity contribution in [1.82, 2.24) is 10.2 Å². The Morgan fingerprint density at radius 1 is 1.45 bits per heavy atom. The summed E-state index contributed by atoms with van der Waals surface area (Å²) < 4.78 is 5.12. The number of methoxy groups -OCH3 is 1. The minimum atomic E-state index is -0.142. The van der Waals surface area contributed by atoms with Crippen molar-refractivity contribution < 1.29 is 14.6 Å². The molecule has 0 spiro atoms. The Labute approximate surface area is 131 Å². The van der Waals surface area contributed by atoms with Gasteiger partial charge in [-0.1, -0.05) is 0 Å². The van der Waals surface area contributed by atoms with Gasteiger partial charge in [0.1, 0.15) is 5.75 Å². The number of ether oxygens (including phenoxy) is 1. The number of nitrogens with two attached hydrogens (primary N) is 1. The van der Waals surface area contributed by atoms with Gasteiger partial charge in [0.15, 0.2) is 0 Å². The molecule has 4 N–H and O–H groups in total. The Morgan fingerprint density at radius 2 is 2.18 bits per heavy atom. The van der Waals surface area contributed by atoms with Crippen molar-refractivity contribution in [3.05, 3.63) is 23.8 Å². The normalized spacial score (nSPS) is 16.5. The maximum atomic E-state index is 12.1. The molecule has 6 nitrogen and oxygen atoms in total. The highest BCUT2D eigenvalue weighted by molar-refractivity contribution is 5.95. The highest BCUT2D eigenvalue weighted by Crippen LogP contribution is 2.21. The quantitative estimate of drug-likeness (QED) is 0.536. The number of benzene rings is 1. The van der Waals surface area contributed by atoms with Crippen LogP contribution in [0.5, 0.6) is 5.75 Å². The molecule has 1 aliphatic rings. The summed E-state index contributed by atoms with van der Waals surface area (Å²) in [6.07, 6.45) is 2.44. The van der Waals surface area contributed by atoms with Crippen LogP contribution in [0.25, 0.3) is 0 Å². The first-order valence-electron chi connectivity index (χ1n) is 7.72. The highest BCUT2D eigenvalue weighted by atomic mass is 16.5. The number of likely N-dealkylation sites (tertiary alicyclic amines) is 1. The average Bonchev–Trinajstić information content (AvgIpc) is 2.53. The zero-order valence-corrected chi connectivity index (χ0v) is 13.0. The number of hydrogen-bond acceptors (Lipinski definition) is 5. The van der Waals surface area contributed by atoms with Gasteiger partial charge in [0.05, 0.1) is 18.9 Å². The van der Waals surface area contributed by atoms with Crippen LogP contribution in [0.2, 0.25) is 0 Å². The van der Waals surface area contributed by atoms with Gasteiger partial charge in [0, 0.05) is 25.2 Å². The molecular weight excluding hydrogens is 282 g/mol. The lowest BCUT2D eigenvalue weighted by Gasteiger charge is -2.29. The molecule has 0 saturated carbocycles. The molecule has 1 saturated heterocycles. The zero-order valence-electron chi connectivity index (χ0n) is 13.0. The minimum absolute atomic E-state index is 0.118. The first-order valence-corrected chi connectivity index (χ1v) is 7.72. The lowest BCUT2D eigenvalue weighted by molar-refractivity contribution is 0.0816. The maximum absolute atomic E-state index is 12.1. The molecule has 0 atom stereocenters. The van der Waals surface area contributed by atoms with E-state index >= 15 is 0 Å². The lowest BCUT2D eigenvalue weighted by atomic mass is 10.1. The summed E-state index contributed by atoms with van der Waals surface area (Å²) in [4.78, 5) is 14.4. The SMILES string of the molecule is COc1cc(C(=O)NCCCN2CCC(O)CC2)ccc1N. The monoisotopic (exact) mass is 307 g/mol. The van der Waals surface area contributed by atoms with E-state index in [1.807, 2.05) is 0 Å². The van der Waals surface area contributed by atoms with Crippen molar-refractivity contribution in [1.29, 1.82) is 0 Å². The second-order valence-corrected chi connectivity index (χ2v) is 5.64. The van der Waals surface area contributed by atoms with E-state index in [0.29, 0.717) is 23.5 Å². The van der Waals surface area contributed by atoms with Crippen molar-refractivity contribution >= 4 is 11.6 Å². The fraction of sp³-hybridized carbons (Fsp3) is 0.562. The summed E-state index contributed by atoms with van der Waals surface area (Å²) in [6.45, 7) is 3.44. The summed E-state index contributed by atoms with van der Waals surface area (Å²) in [5, 5.41) is 12.4. The largest absolute Gasteiger partial charge is 0.495 e. The Balaban J connectivity index is 1.71. The van der Waals surface area contributed by atoms with Crippen LogP contribution < -0.4 is 15.8 Å². The third-order valence-corrected chi connectivity index (χ3v) is 3.99. The van der Waals surface area contributed by atoms with Gasteiger partial charge >= 0.3 is 0 Å². The van der Waals surface area contributed by atoms with E-state index in [1.54, 1.807) is 18.2 Å². The molecule has 22 heavy (non-hydrogen) atoms. The van der Waals surface area contributed by atoms with Crippen LogP contribution in [0.3, 0.4) is 0 Å². The number of anilines is 1. The molecule has 0 unspecified atom stereocenters. The summed E-state index contributed by atoms with van der Waals surface area (Å²) in [7, 11) is 1.53. The summed E-state index contributed by atoms with van der Waals surface area (Å²) in [6, 6.07) is 5.02. The first-order chi connectivity index (χ1) is 10.6. The summed E-state index contributed by atoms with van der Waals surface area (Å²) in [5.41, 5.74) is 6.80. The first kappa shape index (κ1) is 16.6. The molecule has 0 aliphatic carbocycles. The lowest BCUT2D eigenvalue weighted by Crippen LogP contribution is -2.37. The van der Waals surface area contributed by atoms with Crippen LogP contribution in [-0.2, 0) is 0 Å². The van der Waals surface area contributed by atoms with Gasteiger partial charge in [0.2, 0.25) is 0 Å². The molecule has 2 rings (SSSR count). The highest BCUT2D eigenvalue weighted by Gasteiger charge is 2.16. The van der Waals surface area contributed by atoms with Gasteiger partial charge in [-0.3, -0.25) is 4.79 Å². The smallest absolute Gasteiger partial charge is 0.251 e. The van der Waals surface area contributed by atoms with Gasteiger partial charge in [0.25, 0.3) is 5.91 Å². The maximum Gasteiger partial charge on any atom is 0.251 e. The second-order valence-electron chi connectivity index (χ2n) is 5.64. The molecule has 1 amide bonds. The molecule has 0 radical (unpaired) electrons. The molecule has 1 aromatic rings. The van der Waals surface area contributed by atoms with Crippen LogP contribution in [0.1, 0.15) is 29.6 Å². The number of nitrogens with zero attached hydrogens (tertiary/aromatic N) is 1. The van der Waals surface area contributed by atoms with E-state index in [2.05, 4.69) is 10.2 Å². The fourth-order valence-corrected chi connectivity index (χ4v) is 2.60. The zero-order chi connectivity index (χ0) is 15.9. The topological polar surface area (TPSA) is 87.8 Å². The predicted molar refractivity (Wildman–Crippen MR) is 86.0 cm³/mol. The predicted octanol–water partition coefficient (Wildman–Crippen LogP) is 0.854. The van der Waals surface area contributed by atoms with Crippen molar-refractivity contribution in [2.45, 2.75) is 25.4 Å². The van der Waals surface area contributed by atoms with Crippen LogP contribution in [0, 0.1) is 0 Å². The van der Waals surface area contributed by atoms with E-state index in [9.17, 15) is 9.90 Å². The molecule has 1 aromatic carbocycles. The number of nitrogen functional groups attached to an aromatic ring is 1. The minimum Gasteiger partial charge on any atom is -0.495 e. The van der Waals surface area contributed by atoms with Crippen molar-refractivity contribution in [2.24, 2.45) is 0 Å². The Hall–Kier alpha value is -1.79. The Kier molecular flexibility index (Phi) is 6.03. The molecule has 122 valence electrons. The molecular formula is C16H25N3O3. The average molecular weight is 307 g/mol. The van der Waals surface area contributed by atoms with Gasteiger partial charge in [-0.15, -0.1) is 0 Å². The molecule has 6 heteroatoms. The second kappa shape index (κ2) is 8.00. The summed E-state index contributed by atoms with van der Waals surface area (Å²) >= 11 is 0. The van der Waals surface area contributed by atoms with E-state index in [0.717, 1.165) is 38.9 Å². The third-order valence-electron chi connectivity index (χ3n) is 3.99. The number of carbonyl (C=O) groups is 1. The number of nitrogens with one attached hydrogen (secondary N) is 1. The number of rotatable bonds is 6. The van der Waals surface area contributed by atoms with E-state index in [4.69, 9.17) is 10.5 Å². The molecule has 0 bridgehead atoms.